The van der Waals surface area contributed by atoms with E-state index in [4.69, 9.17) is 5.84 Å². The van der Waals surface area contributed by atoms with Gasteiger partial charge in [0.25, 0.3) is 0 Å². The summed E-state index contributed by atoms with van der Waals surface area (Å²) in [6.07, 6.45) is -3.01. The van der Waals surface area contributed by atoms with Crippen LogP contribution >= 0.6 is 27.3 Å². The summed E-state index contributed by atoms with van der Waals surface area (Å²) in [5, 5.41) is 1.98. The number of hydrogen-bond donors (Lipinski definition) is 2. The van der Waals surface area contributed by atoms with Crippen molar-refractivity contribution in [2.24, 2.45) is 5.84 Å². The number of rotatable bonds is 5. The Bertz CT molecular complexity index is 581. The molecule has 3 N–H and O–H groups in total. The second-order valence-electron chi connectivity index (χ2n) is 4.66. The van der Waals surface area contributed by atoms with E-state index in [1.807, 2.05) is 11.4 Å². The zero-order valence-electron chi connectivity index (χ0n) is 11.0. The minimum atomic E-state index is -4.30. The van der Waals surface area contributed by atoms with Crippen LogP contribution in [0.5, 0.6) is 0 Å². The van der Waals surface area contributed by atoms with Gasteiger partial charge in [0.15, 0.2) is 0 Å². The molecule has 0 bridgehead atoms. The van der Waals surface area contributed by atoms with Crippen molar-refractivity contribution in [1.29, 1.82) is 0 Å². The lowest BCUT2D eigenvalue weighted by atomic mass is 10.0. The maximum Gasteiger partial charge on any atom is 0.416 e. The summed E-state index contributed by atoms with van der Waals surface area (Å²) < 4.78 is 38.6. The number of benzene rings is 1. The van der Waals surface area contributed by atoms with Gasteiger partial charge in [-0.05, 0) is 57.9 Å². The van der Waals surface area contributed by atoms with Crippen LogP contribution in [-0.2, 0) is 19.0 Å². The average molecular weight is 379 g/mol. The van der Waals surface area contributed by atoms with Crippen LogP contribution in [0.1, 0.15) is 16.0 Å². The van der Waals surface area contributed by atoms with Gasteiger partial charge in [-0.3, -0.25) is 11.3 Å². The molecule has 0 aliphatic heterocycles. The van der Waals surface area contributed by atoms with Gasteiger partial charge in [-0.1, -0.05) is 12.1 Å². The number of nitrogens with one attached hydrogen (secondary N) is 1. The third-order valence-corrected chi connectivity index (χ3v) is 5.07. The molecule has 0 saturated heterocycles. The molecular weight excluding hydrogens is 365 g/mol. The molecule has 0 radical (unpaired) electrons. The summed E-state index contributed by atoms with van der Waals surface area (Å²) in [5.41, 5.74) is 2.91. The van der Waals surface area contributed by atoms with Crippen LogP contribution in [0, 0.1) is 0 Å². The van der Waals surface area contributed by atoms with Crippen LogP contribution in [0.2, 0.25) is 0 Å². The highest BCUT2D eigenvalue weighted by Crippen LogP contribution is 2.29. The maximum absolute atomic E-state index is 12.5. The van der Waals surface area contributed by atoms with E-state index in [2.05, 4.69) is 21.4 Å². The van der Waals surface area contributed by atoms with Gasteiger partial charge in [0.1, 0.15) is 0 Å². The standard InChI is InChI=1S/C14H14BrF3N2S/c15-12-5-6-21-13(12)8-11(20-19)7-9-1-3-10(4-2-9)14(16,17)18/h1-6,11,20H,7-8,19H2. The van der Waals surface area contributed by atoms with E-state index in [0.717, 1.165) is 33.5 Å². The summed E-state index contributed by atoms with van der Waals surface area (Å²) in [7, 11) is 0. The largest absolute Gasteiger partial charge is 0.416 e. The van der Waals surface area contributed by atoms with Crippen molar-refractivity contribution in [1.82, 2.24) is 5.43 Å². The van der Waals surface area contributed by atoms with Crippen LogP contribution in [0.3, 0.4) is 0 Å². The molecular formula is C14H14BrF3N2S. The number of thiophene rings is 1. The smallest absolute Gasteiger partial charge is 0.271 e. The average Bonchev–Trinajstić information content (AvgIpc) is 2.83. The molecule has 114 valence electrons. The van der Waals surface area contributed by atoms with Crippen LogP contribution in [-0.4, -0.2) is 6.04 Å². The first kappa shape index (κ1) is 16.5. The summed E-state index contributed by atoms with van der Waals surface area (Å²) in [4.78, 5) is 1.16. The van der Waals surface area contributed by atoms with Gasteiger partial charge >= 0.3 is 6.18 Å². The van der Waals surface area contributed by atoms with Crippen molar-refractivity contribution in [2.45, 2.75) is 25.1 Å². The van der Waals surface area contributed by atoms with Crippen molar-refractivity contribution in [3.05, 3.63) is 56.2 Å². The molecule has 1 heterocycles. The Morgan fingerprint density at radius 3 is 2.29 bits per heavy atom. The van der Waals surface area contributed by atoms with Crippen LogP contribution in [0.15, 0.2) is 40.2 Å². The summed E-state index contributed by atoms with van der Waals surface area (Å²) in [5.74, 6) is 5.55. The van der Waals surface area contributed by atoms with Crippen LogP contribution < -0.4 is 11.3 Å². The Balaban J connectivity index is 2.03. The van der Waals surface area contributed by atoms with Crippen molar-refractivity contribution in [2.75, 3.05) is 0 Å². The molecule has 21 heavy (non-hydrogen) atoms. The Morgan fingerprint density at radius 1 is 1.14 bits per heavy atom. The number of hydrazine groups is 1. The van der Waals surface area contributed by atoms with E-state index in [1.165, 1.54) is 12.1 Å². The normalized spacial score (nSPS) is 13.4. The third kappa shape index (κ3) is 4.54. The van der Waals surface area contributed by atoms with Gasteiger partial charge in [0.2, 0.25) is 0 Å². The topological polar surface area (TPSA) is 38.0 Å². The van der Waals surface area contributed by atoms with E-state index in [-0.39, 0.29) is 6.04 Å². The second kappa shape index (κ2) is 6.91. The fraction of sp³-hybridized carbons (Fsp3) is 0.286. The first-order chi connectivity index (χ1) is 9.90. The summed E-state index contributed by atoms with van der Waals surface area (Å²) in [6.45, 7) is 0. The molecule has 1 unspecified atom stereocenters. The van der Waals surface area contributed by atoms with E-state index >= 15 is 0 Å². The predicted molar refractivity (Wildman–Crippen MR) is 82.0 cm³/mol. The van der Waals surface area contributed by atoms with Crippen molar-refractivity contribution in [3.8, 4) is 0 Å². The molecule has 0 spiro atoms. The first-order valence-electron chi connectivity index (χ1n) is 6.24. The number of hydrogen-bond acceptors (Lipinski definition) is 3. The molecule has 2 nitrogen and oxygen atoms in total. The molecule has 2 rings (SSSR count). The summed E-state index contributed by atoms with van der Waals surface area (Å²) in [6, 6.07) is 7.13. The highest BCUT2D eigenvalue weighted by atomic mass is 79.9. The van der Waals surface area contributed by atoms with E-state index in [0.29, 0.717) is 6.42 Å². The van der Waals surface area contributed by atoms with Gasteiger partial charge in [0, 0.05) is 15.4 Å². The molecule has 0 aliphatic rings. The SMILES string of the molecule is NNC(Cc1ccc(C(F)(F)F)cc1)Cc1sccc1Br. The number of nitrogens with two attached hydrogens (primary N) is 1. The summed E-state index contributed by atoms with van der Waals surface area (Å²) >= 11 is 5.08. The second-order valence-corrected chi connectivity index (χ2v) is 6.51. The Kier molecular flexibility index (Phi) is 5.43. The zero-order chi connectivity index (χ0) is 15.5. The molecule has 0 saturated carbocycles. The molecule has 7 heteroatoms. The van der Waals surface area contributed by atoms with Crippen LogP contribution in [0.4, 0.5) is 13.2 Å². The molecule has 2 aromatic rings. The van der Waals surface area contributed by atoms with Crippen molar-refractivity contribution >= 4 is 27.3 Å². The molecule has 0 fully saturated rings. The Hall–Kier alpha value is -0.890. The van der Waals surface area contributed by atoms with Crippen molar-refractivity contribution in [3.63, 3.8) is 0 Å². The Morgan fingerprint density at radius 2 is 1.81 bits per heavy atom. The number of alkyl halides is 3. The molecule has 1 aromatic heterocycles. The van der Waals surface area contributed by atoms with E-state index in [1.54, 1.807) is 11.3 Å². The highest BCUT2D eigenvalue weighted by molar-refractivity contribution is 9.10. The van der Waals surface area contributed by atoms with Gasteiger partial charge in [-0.2, -0.15) is 13.2 Å². The van der Waals surface area contributed by atoms with E-state index in [9.17, 15) is 13.2 Å². The highest BCUT2D eigenvalue weighted by Gasteiger charge is 2.30. The lowest BCUT2D eigenvalue weighted by molar-refractivity contribution is -0.137. The predicted octanol–water partition coefficient (Wildman–Crippen LogP) is 4.15. The van der Waals surface area contributed by atoms with Crippen molar-refractivity contribution < 1.29 is 13.2 Å². The molecule has 0 amide bonds. The molecule has 1 atom stereocenters. The minimum absolute atomic E-state index is 0.0308. The van der Waals surface area contributed by atoms with Crippen LogP contribution in [0.25, 0.3) is 0 Å². The lowest BCUT2D eigenvalue weighted by Gasteiger charge is -2.16. The fourth-order valence-corrected chi connectivity index (χ4v) is 3.59. The monoisotopic (exact) mass is 378 g/mol. The minimum Gasteiger partial charge on any atom is -0.271 e. The number of halogens is 4. The quantitative estimate of drug-likeness (QED) is 0.605. The van der Waals surface area contributed by atoms with Gasteiger partial charge < -0.3 is 0 Å². The van der Waals surface area contributed by atoms with Gasteiger partial charge in [0.05, 0.1) is 5.56 Å². The Labute approximate surface area is 133 Å². The first-order valence-corrected chi connectivity index (χ1v) is 7.91. The van der Waals surface area contributed by atoms with Gasteiger partial charge in [-0.15, -0.1) is 11.3 Å². The maximum atomic E-state index is 12.5. The van der Waals surface area contributed by atoms with E-state index < -0.39 is 11.7 Å². The lowest BCUT2D eigenvalue weighted by Crippen LogP contribution is -2.38. The molecule has 1 aromatic carbocycles. The zero-order valence-corrected chi connectivity index (χ0v) is 13.4. The third-order valence-electron chi connectivity index (χ3n) is 3.12. The van der Waals surface area contributed by atoms with Gasteiger partial charge in [-0.25, -0.2) is 0 Å². The molecule has 0 aliphatic carbocycles. The fourth-order valence-electron chi connectivity index (χ4n) is 2.00.